The minimum atomic E-state index is -0.891. The Hall–Kier alpha value is -1.82. The lowest BCUT2D eigenvalue weighted by Crippen LogP contribution is -2.03. The van der Waals surface area contributed by atoms with E-state index in [0.717, 1.165) is 19.2 Å². The molecule has 0 aliphatic carbocycles. The molecule has 1 N–H and O–H groups in total. The summed E-state index contributed by atoms with van der Waals surface area (Å²) in [5, 5.41) is 19.5. The van der Waals surface area contributed by atoms with E-state index in [4.69, 9.17) is 11.6 Å². The van der Waals surface area contributed by atoms with Crippen molar-refractivity contribution in [2.75, 3.05) is 7.11 Å². The Morgan fingerprint density at radius 2 is 2.20 bits per heavy atom. The standard InChI is InChI=1S/C8H6ClNO5/c1-15-8(12)5-2-4(10(13)14)3-6(9)7(5)11/h2-3,11H,1H3. The highest BCUT2D eigenvalue weighted by molar-refractivity contribution is 6.32. The number of rotatable bonds is 2. The van der Waals surface area contributed by atoms with Crippen LogP contribution in [0.15, 0.2) is 12.1 Å². The summed E-state index contributed by atoms with van der Waals surface area (Å²) in [5.41, 5.74) is -0.727. The summed E-state index contributed by atoms with van der Waals surface area (Å²) in [6.07, 6.45) is 0. The van der Waals surface area contributed by atoms with Crippen molar-refractivity contribution in [1.82, 2.24) is 0 Å². The van der Waals surface area contributed by atoms with E-state index in [9.17, 15) is 20.0 Å². The quantitative estimate of drug-likeness (QED) is 0.476. The largest absolute Gasteiger partial charge is 0.505 e. The molecule has 1 rings (SSSR count). The number of halogens is 1. The van der Waals surface area contributed by atoms with Crippen LogP contribution in [0.2, 0.25) is 5.02 Å². The number of phenolic OH excluding ortho intramolecular Hbond substituents is 1. The van der Waals surface area contributed by atoms with Gasteiger partial charge in [-0.05, 0) is 0 Å². The molecular formula is C8H6ClNO5. The molecular weight excluding hydrogens is 226 g/mol. The fourth-order valence-corrected chi connectivity index (χ4v) is 1.17. The van der Waals surface area contributed by atoms with Gasteiger partial charge in [0.25, 0.3) is 5.69 Å². The average Bonchev–Trinajstić information content (AvgIpc) is 2.20. The zero-order valence-corrected chi connectivity index (χ0v) is 8.32. The highest BCUT2D eigenvalue weighted by atomic mass is 35.5. The SMILES string of the molecule is COC(=O)c1cc([N+](=O)[O-])cc(Cl)c1O. The Labute approximate surface area is 89.2 Å². The third-order valence-electron chi connectivity index (χ3n) is 1.66. The molecule has 15 heavy (non-hydrogen) atoms. The van der Waals surface area contributed by atoms with Gasteiger partial charge >= 0.3 is 5.97 Å². The molecule has 0 aromatic heterocycles. The number of carbonyl (C=O) groups excluding carboxylic acids is 1. The zero-order valence-electron chi connectivity index (χ0n) is 7.56. The number of hydrogen-bond donors (Lipinski definition) is 1. The Balaban J connectivity index is 3.37. The highest BCUT2D eigenvalue weighted by Crippen LogP contribution is 2.32. The summed E-state index contributed by atoms with van der Waals surface area (Å²) in [4.78, 5) is 20.8. The fraction of sp³-hybridized carbons (Fsp3) is 0.125. The lowest BCUT2D eigenvalue weighted by atomic mass is 10.2. The molecule has 1 aromatic rings. The van der Waals surface area contributed by atoms with Gasteiger partial charge in [0.15, 0.2) is 0 Å². The fourth-order valence-electron chi connectivity index (χ4n) is 0.956. The van der Waals surface area contributed by atoms with Crippen molar-refractivity contribution in [3.63, 3.8) is 0 Å². The van der Waals surface area contributed by atoms with Crippen LogP contribution in [0.3, 0.4) is 0 Å². The third-order valence-corrected chi connectivity index (χ3v) is 1.95. The van der Waals surface area contributed by atoms with Crippen LogP contribution in [0.1, 0.15) is 10.4 Å². The average molecular weight is 232 g/mol. The second-order valence-corrected chi connectivity index (χ2v) is 2.98. The first kappa shape index (κ1) is 11.3. The Morgan fingerprint density at radius 3 is 2.67 bits per heavy atom. The van der Waals surface area contributed by atoms with Gasteiger partial charge in [0.1, 0.15) is 11.3 Å². The number of carbonyl (C=O) groups is 1. The zero-order chi connectivity index (χ0) is 11.6. The summed E-state index contributed by atoms with van der Waals surface area (Å²) in [6, 6.07) is 1.84. The first-order chi connectivity index (χ1) is 6.97. The van der Waals surface area contributed by atoms with E-state index in [-0.39, 0.29) is 10.6 Å². The lowest BCUT2D eigenvalue weighted by molar-refractivity contribution is -0.384. The topological polar surface area (TPSA) is 89.7 Å². The lowest BCUT2D eigenvalue weighted by Gasteiger charge is -2.03. The van der Waals surface area contributed by atoms with Crippen molar-refractivity contribution in [2.24, 2.45) is 0 Å². The van der Waals surface area contributed by atoms with Gasteiger partial charge in [-0.1, -0.05) is 11.6 Å². The smallest absolute Gasteiger partial charge is 0.341 e. The van der Waals surface area contributed by atoms with Crippen molar-refractivity contribution in [3.05, 3.63) is 32.8 Å². The number of ether oxygens (including phenoxy) is 1. The molecule has 0 heterocycles. The van der Waals surface area contributed by atoms with Gasteiger partial charge in [0.05, 0.1) is 17.1 Å². The number of nitro benzene ring substituents is 1. The van der Waals surface area contributed by atoms with Gasteiger partial charge in [-0.3, -0.25) is 10.1 Å². The van der Waals surface area contributed by atoms with Crippen molar-refractivity contribution >= 4 is 23.3 Å². The predicted molar refractivity (Wildman–Crippen MR) is 51.1 cm³/mol. The van der Waals surface area contributed by atoms with E-state index in [1.165, 1.54) is 0 Å². The number of methoxy groups -OCH3 is 1. The van der Waals surface area contributed by atoms with Crippen molar-refractivity contribution in [2.45, 2.75) is 0 Å². The number of nitro groups is 1. The molecule has 0 amide bonds. The van der Waals surface area contributed by atoms with Gasteiger partial charge < -0.3 is 9.84 Å². The van der Waals surface area contributed by atoms with E-state index >= 15 is 0 Å². The van der Waals surface area contributed by atoms with E-state index in [1.807, 2.05) is 0 Å². The van der Waals surface area contributed by atoms with Crippen molar-refractivity contribution in [1.29, 1.82) is 0 Å². The van der Waals surface area contributed by atoms with E-state index < -0.39 is 22.3 Å². The maximum Gasteiger partial charge on any atom is 0.341 e. The molecule has 0 unspecified atom stereocenters. The summed E-state index contributed by atoms with van der Waals surface area (Å²) in [6.45, 7) is 0. The third kappa shape index (κ3) is 2.16. The molecule has 0 radical (unpaired) electrons. The number of benzene rings is 1. The van der Waals surface area contributed by atoms with Crippen LogP contribution in [-0.2, 0) is 4.74 Å². The number of non-ortho nitro benzene ring substituents is 1. The molecule has 0 saturated heterocycles. The molecule has 0 atom stereocenters. The van der Waals surface area contributed by atoms with Gasteiger partial charge in [-0.2, -0.15) is 0 Å². The molecule has 0 fully saturated rings. The Kier molecular flexibility index (Phi) is 3.11. The van der Waals surface area contributed by atoms with E-state index in [1.54, 1.807) is 0 Å². The predicted octanol–water partition coefficient (Wildman–Crippen LogP) is 1.74. The van der Waals surface area contributed by atoms with Crippen molar-refractivity contribution in [3.8, 4) is 5.75 Å². The molecule has 0 aliphatic heterocycles. The van der Waals surface area contributed by atoms with Gasteiger partial charge in [-0.15, -0.1) is 0 Å². The van der Waals surface area contributed by atoms with E-state index in [2.05, 4.69) is 4.74 Å². The highest BCUT2D eigenvalue weighted by Gasteiger charge is 2.20. The number of hydrogen-bond acceptors (Lipinski definition) is 5. The maximum atomic E-state index is 11.1. The maximum absolute atomic E-state index is 11.1. The van der Waals surface area contributed by atoms with Gasteiger partial charge in [0.2, 0.25) is 0 Å². The van der Waals surface area contributed by atoms with Crippen LogP contribution in [0.5, 0.6) is 5.75 Å². The molecule has 0 bridgehead atoms. The summed E-state index contributed by atoms with van der Waals surface area (Å²) >= 11 is 5.50. The number of nitrogens with zero attached hydrogens (tertiary/aromatic N) is 1. The normalized spacial score (nSPS) is 9.73. The van der Waals surface area contributed by atoms with Gasteiger partial charge in [0, 0.05) is 12.1 Å². The van der Waals surface area contributed by atoms with Crippen LogP contribution in [0.25, 0.3) is 0 Å². The van der Waals surface area contributed by atoms with Crippen LogP contribution < -0.4 is 0 Å². The molecule has 0 aliphatic rings. The van der Waals surface area contributed by atoms with Crippen LogP contribution in [-0.4, -0.2) is 23.1 Å². The number of phenols is 1. The Bertz CT molecular complexity index is 431. The summed E-state index contributed by atoms with van der Waals surface area (Å²) < 4.78 is 4.33. The van der Waals surface area contributed by atoms with Crippen molar-refractivity contribution < 1.29 is 19.6 Å². The summed E-state index contributed by atoms with van der Waals surface area (Å²) in [5.74, 6) is -1.42. The molecule has 0 saturated carbocycles. The minimum Gasteiger partial charge on any atom is -0.505 e. The molecule has 80 valence electrons. The van der Waals surface area contributed by atoms with Crippen LogP contribution >= 0.6 is 11.6 Å². The van der Waals surface area contributed by atoms with E-state index in [0.29, 0.717) is 0 Å². The molecule has 1 aromatic carbocycles. The Morgan fingerprint density at radius 1 is 1.60 bits per heavy atom. The second-order valence-electron chi connectivity index (χ2n) is 2.57. The van der Waals surface area contributed by atoms with Crippen LogP contribution in [0.4, 0.5) is 5.69 Å². The minimum absolute atomic E-state index is 0.274. The second kappa shape index (κ2) is 4.14. The molecule has 7 heteroatoms. The number of aromatic hydroxyl groups is 1. The first-order valence-corrected chi connectivity index (χ1v) is 4.10. The molecule has 0 spiro atoms. The first-order valence-electron chi connectivity index (χ1n) is 3.72. The molecule has 6 nitrogen and oxygen atoms in total. The van der Waals surface area contributed by atoms with Crippen LogP contribution in [0, 0.1) is 10.1 Å². The summed E-state index contributed by atoms with van der Waals surface area (Å²) in [7, 11) is 1.09. The number of esters is 1. The monoisotopic (exact) mass is 231 g/mol. The van der Waals surface area contributed by atoms with Gasteiger partial charge in [-0.25, -0.2) is 4.79 Å².